The van der Waals surface area contributed by atoms with Crippen LogP contribution in [0, 0.1) is 8.99 Å². The van der Waals surface area contributed by atoms with Gasteiger partial charge in [-0.15, -0.1) is 11.3 Å². The Bertz CT molecular complexity index is 1390. The molecular weight excluding hydrogens is 595 g/mol. The van der Waals surface area contributed by atoms with Crippen LogP contribution in [0.15, 0.2) is 42.7 Å². The van der Waals surface area contributed by atoms with Crippen molar-refractivity contribution in [1.29, 1.82) is 0 Å². The van der Waals surface area contributed by atoms with Crippen molar-refractivity contribution in [2.24, 2.45) is 5.41 Å². The quantitative estimate of drug-likeness (QED) is 0.173. The molecule has 0 saturated heterocycles. The van der Waals surface area contributed by atoms with Crippen LogP contribution in [0.5, 0.6) is 0 Å². The van der Waals surface area contributed by atoms with Gasteiger partial charge in [0.25, 0.3) is 5.91 Å². The van der Waals surface area contributed by atoms with Crippen LogP contribution in [0.25, 0.3) is 21.7 Å². The molecule has 35 heavy (non-hydrogen) atoms. The summed E-state index contributed by atoms with van der Waals surface area (Å²) in [5.41, 5.74) is 3.12. The Morgan fingerprint density at radius 1 is 1.23 bits per heavy atom. The van der Waals surface area contributed by atoms with Gasteiger partial charge in [0.1, 0.15) is 5.52 Å². The number of halogens is 2. The number of nitrogens with zero attached hydrogens (tertiary/aromatic N) is 2. The van der Waals surface area contributed by atoms with E-state index in [2.05, 4.69) is 58.6 Å². The largest absolute Gasteiger partial charge is 0.349 e. The zero-order valence-electron chi connectivity index (χ0n) is 19.9. The molecular formula is C26H26ClIN4O2S. The highest BCUT2D eigenvalue weighted by molar-refractivity contribution is 14.1. The number of fused-ring (bicyclic) bond motifs is 1. The van der Waals surface area contributed by atoms with Gasteiger partial charge in [-0.05, 0) is 77.2 Å². The van der Waals surface area contributed by atoms with Crippen LogP contribution < -0.4 is 5.32 Å². The van der Waals surface area contributed by atoms with Gasteiger partial charge >= 0.3 is 0 Å². The highest BCUT2D eigenvalue weighted by atomic mass is 127. The Morgan fingerprint density at radius 2 is 2.00 bits per heavy atom. The topological polar surface area (TPSA) is 87.7 Å². The van der Waals surface area contributed by atoms with Crippen molar-refractivity contribution >= 4 is 68.4 Å². The van der Waals surface area contributed by atoms with E-state index in [0.29, 0.717) is 45.2 Å². The SMILES string of the molecule is C[C@H](NC(=O)c1c[nH]c2ncc(-c3ccc(C(=O)CCc4cc(Cl)cc(I)c4)s3)nc12)C(C)(C)C. The van der Waals surface area contributed by atoms with E-state index in [4.69, 9.17) is 16.6 Å². The molecule has 0 spiro atoms. The minimum atomic E-state index is -0.192. The molecule has 9 heteroatoms. The van der Waals surface area contributed by atoms with E-state index in [1.54, 1.807) is 12.4 Å². The number of aromatic nitrogens is 3. The third-order valence-corrected chi connectivity index (χ3v) is 7.96. The summed E-state index contributed by atoms with van der Waals surface area (Å²) in [6.07, 6.45) is 4.32. The minimum absolute atomic E-state index is 0.0164. The second kappa shape index (κ2) is 10.4. The molecule has 0 fully saturated rings. The van der Waals surface area contributed by atoms with E-state index < -0.39 is 0 Å². The summed E-state index contributed by atoms with van der Waals surface area (Å²) in [6, 6.07) is 9.51. The average molecular weight is 621 g/mol. The molecule has 0 saturated carbocycles. The maximum Gasteiger partial charge on any atom is 0.255 e. The summed E-state index contributed by atoms with van der Waals surface area (Å²) in [4.78, 5) is 39.4. The number of benzene rings is 1. The van der Waals surface area contributed by atoms with Gasteiger partial charge in [0, 0.05) is 27.3 Å². The predicted molar refractivity (Wildman–Crippen MR) is 150 cm³/mol. The fourth-order valence-electron chi connectivity index (χ4n) is 3.44. The summed E-state index contributed by atoms with van der Waals surface area (Å²) in [5, 5.41) is 3.73. The highest BCUT2D eigenvalue weighted by Crippen LogP contribution is 2.29. The lowest BCUT2D eigenvalue weighted by Gasteiger charge is -2.27. The summed E-state index contributed by atoms with van der Waals surface area (Å²) < 4.78 is 1.05. The molecule has 0 unspecified atom stereocenters. The number of Topliss-reactive ketones (excluding diaryl/α,β-unsaturated/α-hetero) is 1. The lowest BCUT2D eigenvalue weighted by molar-refractivity contribution is 0.0911. The molecule has 3 aromatic heterocycles. The first-order valence-electron chi connectivity index (χ1n) is 11.2. The molecule has 4 aromatic rings. The third kappa shape index (κ3) is 6.10. The summed E-state index contributed by atoms with van der Waals surface area (Å²) in [6.45, 7) is 8.23. The molecule has 182 valence electrons. The minimum Gasteiger partial charge on any atom is -0.349 e. The van der Waals surface area contributed by atoms with Crippen LogP contribution in [-0.2, 0) is 6.42 Å². The standard InChI is InChI=1S/C26H26ClIN4O2S/c1-14(26(2,3)4)31-25(34)18-12-29-24-23(18)32-19(13-30-24)21-7-8-22(35-21)20(33)6-5-15-9-16(27)11-17(28)10-15/h7-14H,5-6H2,1-4H3,(H,29,30)(H,31,34)/t14-/m0/s1. The third-order valence-electron chi connectivity index (χ3n) is 5.97. The van der Waals surface area contributed by atoms with Crippen molar-refractivity contribution in [2.45, 2.75) is 46.6 Å². The molecule has 0 bridgehead atoms. The fraction of sp³-hybridized carbons (Fsp3) is 0.308. The lowest BCUT2D eigenvalue weighted by Crippen LogP contribution is -2.41. The van der Waals surface area contributed by atoms with Gasteiger partial charge in [-0.1, -0.05) is 32.4 Å². The molecule has 0 aliphatic heterocycles. The predicted octanol–water partition coefficient (Wildman–Crippen LogP) is 6.92. The van der Waals surface area contributed by atoms with Crippen molar-refractivity contribution in [3.63, 3.8) is 0 Å². The number of thiophene rings is 1. The number of rotatable bonds is 7. The number of hydrogen-bond donors (Lipinski definition) is 2. The second-order valence-electron chi connectivity index (χ2n) is 9.58. The molecule has 4 rings (SSSR count). The van der Waals surface area contributed by atoms with E-state index in [-0.39, 0.29) is 23.1 Å². The number of aromatic amines is 1. The number of amides is 1. The molecule has 0 aliphatic carbocycles. The van der Waals surface area contributed by atoms with Gasteiger partial charge in [0.2, 0.25) is 0 Å². The summed E-state index contributed by atoms with van der Waals surface area (Å²) in [7, 11) is 0. The Morgan fingerprint density at radius 3 is 2.71 bits per heavy atom. The molecule has 0 radical (unpaired) electrons. The van der Waals surface area contributed by atoms with E-state index >= 15 is 0 Å². The number of nitrogens with one attached hydrogen (secondary N) is 2. The maximum absolute atomic E-state index is 12.9. The fourth-order valence-corrected chi connectivity index (χ4v) is 5.54. The van der Waals surface area contributed by atoms with E-state index in [1.807, 2.05) is 37.3 Å². The van der Waals surface area contributed by atoms with Gasteiger partial charge in [-0.2, -0.15) is 0 Å². The van der Waals surface area contributed by atoms with Crippen LogP contribution in [0.1, 0.15) is 59.7 Å². The van der Waals surface area contributed by atoms with Crippen LogP contribution in [0.2, 0.25) is 5.02 Å². The Balaban J connectivity index is 1.51. The Hall–Kier alpha value is -2.30. The first-order chi connectivity index (χ1) is 16.5. The zero-order chi connectivity index (χ0) is 25.3. The van der Waals surface area contributed by atoms with Crippen LogP contribution >= 0.6 is 45.5 Å². The molecule has 3 heterocycles. The normalized spacial score (nSPS) is 12.6. The Labute approximate surface area is 227 Å². The van der Waals surface area contributed by atoms with Crippen LogP contribution in [0.3, 0.4) is 0 Å². The van der Waals surface area contributed by atoms with Crippen molar-refractivity contribution < 1.29 is 9.59 Å². The Kier molecular flexibility index (Phi) is 7.63. The number of H-pyrrole nitrogens is 1. The van der Waals surface area contributed by atoms with E-state index in [1.165, 1.54) is 11.3 Å². The van der Waals surface area contributed by atoms with E-state index in [9.17, 15) is 9.59 Å². The van der Waals surface area contributed by atoms with Crippen LogP contribution in [0.4, 0.5) is 0 Å². The number of carbonyl (C=O) groups is 2. The first-order valence-corrected chi connectivity index (χ1v) is 13.5. The number of carbonyl (C=O) groups excluding carboxylic acids is 2. The highest BCUT2D eigenvalue weighted by Gasteiger charge is 2.24. The molecule has 2 N–H and O–H groups in total. The van der Waals surface area contributed by atoms with Crippen molar-refractivity contribution in [3.8, 4) is 10.6 Å². The van der Waals surface area contributed by atoms with Crippen LogP contribution in [-0.4, -0.2) is 32.7 Å². The van der Waals surface area contributed by atoms with Gasteiger partial charge in [-0.3, -0.25) is 9.59 Å². The van der Waals surface area contributed by atoms with E-state index in [0.717, 1.165) is 14.0 Å². The second-order valence-corrected chi connectivity index (χ2v) is 12.3. The van der Waals surface area contributed by atoms with Gasteiger partial charge < -0.3 is 10.3 Å². The summed E-state index contributed by atoms with van der Waals surface area (Å²) >= 11 is 9.74. The maximum atomic E-state index is 12.9. The molecule has 1 amide bonds. The zero-order valence-corrected chi connectivity index (χ0v) is 23.6. The van der Waals surface area contributed by atoms with Crippen molar-refractivity contribution in [3.05, 3.63) is 67.3 Å². The molecule has 6 nitrogen and oxygen atoms in total. The smallest absolute Gasteiger partial charge is 0.255 e. The molecule has 1 aromatic carbocycles. The summed E-state index contributed by atoms with van der Waals surface area (Å²) in [5.74, 6) is -0.119. The number of hydrogen-bond acceptors (Lipinski definition) is 5. The average Bonchev–Trinajstić information content (AvgIpc) is 3.43. The lowest BCUT2D eigenvalue weighted by atomic mass is 9.88. The first kappa shape index (κ1) is 25.8. The van der Waals surface area contributed by atoms with Crippen molar-refractivity contribution in [2.75, 3.05) is 0 Å². The van der Waals surface area contributed by atoms with Gasteiger partial charge in [0.05, 0.1) is 27.2 Å². The molecule has 0 aliphatic rings. The number of ketones is 1. The van der Waals surface area contributed by atoms with Gasteiger partial charge in [-0.25, -0.2) is 9.97 Å². The van der Waals surface area contributed by atoms with Crippen molar-refractivity contribution in [1.82, 2.24) is 20.3 Å². The molecule has 1 atom stereocenters. The van der Waals surface area contributed by atoms with Gasteiger partial charge in [0.15, 0.2) is 11.4 Å². The number of aryl methyl sites for hydroxylation is 1. The monoisotopic (exact) mass is 620 g/mol.